The molecule has 0 atom stereocenters. The van der Waals surface area contributed by atoms with Crippen molar-refractivity contribution in [3.05, 3.63) is 23.8 Å². The number of nitrogens with two attached hydrogens (primary N) is 1. The van der Waals surface area contributed by atoms with Crippen molar-refractivity contribution < 1.29 is 13.2 Å². The molecular weight excluding hydrogens is 238 g/mol. The summed E-state index contributed by atoms with van der Waals surface area (Å²) in [5.41, 5.74) is 6.10. The maximum atomic E-state index is 11.8. The third-order valence-electron chi connectivity index (χ3n) is 2.25. The zero-order valence-corrected chi connectivity index (χ0v) is 11.3. The molecule has 0 heterocycles. The lowest BCUT2D eigenvalue weighted by Gasteiger charge is -2.13. The van der Waals surface area contributed by atoms with Crippen LogP contribution in [0.25, 0.3) is 0 Å². The van der Waals surface area contributed by atoms with Crippen molar-refractivity contribution in [2.24, 2.45) is 5.73 Å². The van der Waals surface area contributed by atoms with E-state index in [0.717, 1.165) is 5.56 Å². The summed E-state index contributed by atoms with van der Waals surface area (Å²) in [7, 11) is -3.26. The van der Waals surface area contributed by atoms with Gasteiger partial charge in [0, 0.05) is 6.54 Å². The molecule has 0 aliphatic carbocycles. The van der Waals surface area contributed by atoms with Gasteiger partial charge in [-0.15, -0.1) is 0 Å². The van der Waals surface area contributed by atoms with Crippen molar-refractivity contribution in [1.29, 1.82) is 0 Å². The van der Waals surface area contributed by atoms with Crippen LogP contribution in [0.5, 0.6) is 5.75 Å². The maximum absolute atomic E-state index is 11.8. The summed E-state index contributed by atoms with van der Waals surface area (Å²) in [6.45, 7) is 5.82. The second-order valence-corrected chi connectivity index (χ2v) is 6.31. The van der Waals surface area contributed by atoms with E-state index in [9.17, 15) is 8.42 Å². The maximum Gasteiger partial charge on any atom is 0.179 e. The minimum Gasteiger partial charge on any atom is -0.491 e. The van der Waals surface area contributed by atoms with Gasteiger partial charge in [0.05, 0.1) is 16.8 Å². The Morgan fingerprint density at radius 3 is 2.47 bits per heavy atom. The second kappa shape index (κ2) is 5.51. The predicted octanol–water partition coefficient (Wildman–Crippen LogP) is 1.51. The normalized spacial score (nSPS) is 11.8. The Morgan fingerprint density at radius 1 is 1.35 bits per heavy atom. The van der Waals surface area contributed by atoms with Crippen molar-refractivity contribution in [2.45, 2.75) is 31.8 Å². The van der Waals surface area contributed by atoms with Crippen molar-refractivity contribution >= 4 is 9.84 Å². The van der Waals surface area contributed by atoms with E-state index >= 15 is 0 Å². The Morgan fingerprint density at radius 2 is 2.00 bits per heavy atom. The Labute approximate surface area is 103 Å². The molecule has 96 valence electrons. The van der Waals surface area contributed by atoms with E-state index in [0.29, 0.717) is 10.6 Å². The van der Waals surface area contributed by atoms with Gasteiger partial charge in [-0.3, -0.25) is 0 Å². The number of sulfone groups is 1. The van der Waals surface area contributed by atoms with Crippen LogP contribution < -0.4 is 10.5 Å². The predicted molar refractivity (Wildman–Crippen MR) is 68.1 cm³/mol. The highest BCUT2D eigenvalue weighted by Gasteiger charge is 2.14. The monoisotopic (exact) mass is 257 g/mol. The summed E-state index contributed by atoms with van der Waals surface area (Å²) in [5, 5.41) is 0. The van der Waals surface area contributed by atoms with Crippen LogP contribution in [0.4, 0.5) is 0 Å². The highest BCUT2D eigenvalue weighted by Crippen LogP contribution is 2.23. The fraction of sp³-hybridized carbons (Fsp3) is 0.500. The largest absolute Gasteiger partial charge is 0.491 e. The number of ether oxygens (including phenoxy) is 1. The number of benzene rings is 1. The van der Waals surface area contributed by atoms with Gasteiger partial charge < -0.3 is 10.5 Å². The van der Waals surface area contributed by atoms with Crippen LogP contribution >= 0.6 is 0 Å². The molecule has 0 saturated heterocycles. The molecule has 0 aliphatic heterocycles. The first-order valence-electron chi connectivity index (χ1n) is 5.57. The average Bonchev–Trinajstić information content (AvgIpc) is 2.20. The molecule has 0 unspecified atom stereocenters. The van der Waals surface area contributed by atoms with Crippen LogP contribution in [0.1, 0.15) is 19.4 Å². The molecule has 0 spiro atoms. The smallest absolute Gasteiger partial charge is 0.179 e. The summed E-state index contributed by atoms with van der Waals surface area (Å²) in [6.07, 6.45) is 0.0696. The summed E-state index contributed by atoms with van der Waals surface area (Å²) in [4.78, 5) is 0.302. The van der Waals surface area contributed by atoms with Crippen molar-refractivity contribution in [3.8, 4) is 5.75 Å². The molecule has 4 nitrogen and oxygen atoms in total. The summed E-state index contributed by atoms with van der Waals surface area (Å²) < 4.78 is 29.1. The van der Waals surface area contributed by atoms with Crippen LogP contribution in [0.15, 0.2) is 23.1 Å². The fourth-order valence-corrected chi connectivity index (χ4v) is 2.65. The third kappa shape index (κ3) is 3.71. The fourth-order valence-electron chi connectivity index (χ4n) is 1.47. The third-order valence-corrected chi connectivity index (χ3v) is 4.00. The Balaban J connectivity index is 3.04. The van der Waals surface area contributed by atoms with Crippen LogP contribution in [0.2, 0.25) is 0 Å². The molecule has 1 aromatic rings. The van der Waals surface area contributed by atoms with Crippen molar-refractivity contribution in [2.75, 3.05) is 12.3 Å². The Kier molecular flexibility index (Phi) is 4.54. The molecule has 0 fully saturated rings. The minimum absolute atomic E-state index is 0.0309. The molecule has 0 aliphatic rings. The van der Waals surface area contributed by atoms with E-state index in [4.69, 9.17) is 10.5 Å². The van der Waals surface area contributed by atoms with Crippen molar-refractivity contribution in [1.82, 2.24) is 0 Å². The Bertz CT molecular complexity index is 481. The molecule has 17 heavy (non-hydrogen) atoms. The second-order valence-electron chi connectivity index (χ2n) is 4.20. The van der Waals surface area contributed by atoms with E-state index in [1.54, 1.807) is 18.2 Å². The molecule has 0 amide bonds. The summed E-state index contributed by atoms with van der Waals surface area (Å²) in [6, 6.07) is 4.89. The number of hydrogen-bond acceptors (Lipinski definition) is 4. The van der Waals surface area contributed by atoms with Gasteiger partial charge in [0.25, 0.3) is 0 Å². The zero-order chi connectivity index (χ0) is 13.1. The standard InChI is InChI=1S/C12H19NO3S/c1-9(2)16-12-5-4-11(8-10(12)3)17(14,15)7-6-13/h4-5,8-9H,6-7,13H2,1-3H3. The highest BCUT2D eigenvalue weighted by atomic mass is 32.2. The number of hydrogen-bond donors (Lipinski definition) is 1. The van der Waals surface area contributed by atoms with Crippen LogP contribution in [0, 0.1) is 6.92 Å². The van der Waals surface area contributed by atoms with Gasteiger partial charge in [0.1, 0.15) is 5.75 Å². The first-order chi connectivity index (χ1) is 7.86. The molecule has 2 N–H and O–H groups in total. The number of aryl methyl sites for hydroxylation is 1. The van der Waals surface area contributed by atoms with Crippen LogP contribution in [-0.2, 0) is 9.84 Å². The first kappa shape index (κ1) is 14.0. The zero-order valence-electron chi connectivity index (χ0n) is 10.4. The van der Waals surface area contributed by atoms with E-state index < -0.39 is 9.84 Å². The minimum atomic E-state index is -3.26. The highest BCUT2D eigenvalue weighted by molar-refractivity contribution is 7.91. The summed E-state index contributed by atoms with van der Waals surface area (Å²) >= 11 is 0. The lowest BCUT2D eigenvalue weighted by Crippen LogP contribution is -2.16. The Hall–Kier alpha value is -1.07. The van der Waals surface area contributed by atoms with Gasteiger partial charge in [-0.25, -0.2) is 8.42 Å². The molecular formula is C12H19NO3S. The quantitative estimate of drug-likeness (QED) is 0.868. The average molecular weight is 257 g/mol. The van der Waals surface area contributed by atoms with Gasteiger partial charge in [0.2, 0.25) is 0 Å². The van der Waals surface area contributed by atoms with E-state index in [1.165, 1.54) is 0 Å². The van der Waals surface area contributed by atoms with Gasteiger partial charge in [-0.2, -0.15) is 0 Å². The van der Waals surface area contributed by atoms with Crippen molar-refractivity contribution in [3.63, 3.8) is 0 Å². The van der Waals surface area contributed by atoms with E-state index in [1.807, 2.05) is 20.8 Å². The molecule has 0 radical (unpaired) electrons. The van der Waals surface area contributed by atoms with Gasteiger partial charge in [0.15, 0.2) is 9.84 Å². The SMILES string of the molecule is Cc1cc(S(=O)(=O)CCN)ccc1OC(C)C. The van der Waals surface area contributed by atoms with Gasteiger partial charge >= 0.3 is 0 Å². The van der Waals surface area contributed by atoms with Crippen LogP contribution in [0.3, 0.4) is 0 Å². The van der Waals surface area contributed by atoms with Gasteiger partial charge in [-0.05, 0) is 44.5 Å². The van der Waals surface area contributed by atoms with E-state index in [2.05, 4.69) is 0 Å². The van der Waals surface area contributed by atoms with Crippen LogP contribution in [-0.4, -0.2) is 26.8 Å². The summed E-state index contributed by atoms with van der Waals surface area (Å²) in [5.74, 6) is 0.684. The van der Waals surface area contributed by atoms with Gasteiger partial charge in [-0.1, -0.05) is 0 Å². The number of rotatable bonds is 5. The lowest BCUT2D eigenvalue weighted by atomic mass is 10.2. The van der Waals surface area contributed by atoms with E-state index in [-0.39, 0.29) is 18.4 Å². The first-order valence-corrected chi connectivity index (χ1v) is 7.22. The molecule has 0 saturated carbocycles. The molecule has 0 aromatic heterocycles. The topological polar surface area (TPSA) is 69.4 Å². The molecule has 1 aromatic carbocycles. The lowest BCUT2D eigenvalue weighted by molar-refractivity contribution is 0.240. The molecule has 1 rings (SSSR count). The molecule has 0 bridgehead atoms. The molecule has 5 heteroatoms.